The van der Waals surface area contributed by atoms with Gasteiger partial charge in [-0.25, -0.2) is 9.13 Å². The van der Waals surface area contributed by atoms with Crippen molar-refractivity contribution in [3.8, 4) is 0 Å². The predicted octanol–water partition coefficient (Wildman–Crippen LogP) is 24.9. The highest BCUT2D eigenvalue weighted by molar-refractivity contribution is 7.47. The topological polar surface area (TPSA) is 237 Å². The van der Waals surface area contributed by atoms with Crippen molar-refractivity contribution in [1.29, 1.82) is 0 Å². The number of aliphatic hydroxyl groups excluding tert-OH is 1. The van der Waals surface area contributed by atoms with E-state index in [-0.39, 0.29) is 25.7 Å². The van der Waals surface area contributed by atoms with Crippen molar-refractivity contribution in [2.24, 2.45) is 0 Å². The number of unbranched alkanes of at least 4 members (excludes halogenated alkanes) is 53. The number of rotatable bonds is 82. The molecule has 0 aromatic heterocycles. The predicted molar refractivity (Wildman–Crippen MR) is 418 cm³/mol. The van der Waals surface area contributed by atoms with E-state index in [2.05, 4.69) is 52.0 Å². The molecular formula is C83H158O17P2. The zero-order valence-corrected chi connectivity index (χ0v) is 67.9. The van der Waals surface area contributed by atoms with Crippen LogP contribution >= 0.6 is 15.6 Å². The van der Waals surface area contributed by atoms with Crippen LogP contribution in [0.1, 0.15) is 426 Å². The molecule has 0 saturated carbocycles. The summed E-state index contributed by atoms with van der Waals surface area (Å²) in [5.41, 5.74) is 0. The van der Waals surface area contributed by atoms with Gasteiger partial charge in [-0.3, -0.25) is 37.3 Å². The van der Waals surface area contributed by atoms with Gasteiger partial charge in [0.1, 0.15) is 19.3 Å². The summed E-state index contributed by atoms with van der Waals surface area (Å²) in [7, 11) is -9.93. The number of aliphatic hydroxyl groups is 1. The van der Waals surface area contributed by atoms with Crippen molar-refractivity contribution in [3.63, 3.8) is 0 Å². The van der Waals surface area contributed by atoms with Crippen molar-refractivity contribution < 1.29 is 80.2 Å². The normalized spacial score (nSPS) is 13.9. The molecule has 3 N–H and O–H groups in total. The molecule has 602 valence electrons. The molecule has 0 aliphatic heterocycles. The van der Waals surface area contributed by atoms with E-state index < -0.39 is 97.5 Å². The molecule has 102 heavy (non-hydrogen) atoms. The molecule has 0 rings (SSSR count). The fourth-order valence-corrected chi connectivity index (χ4v) is 14.0. The third-order valence-electron chi connectivity index (χ3n) is 19.0. The summed E-state index contributed by atoms with van der Waals surface area (Å²) in [6.07, 6.45) is 72.9. The number of ether oxygens (including phenoxy) is 4. The van der Waals surface area contributed by atoms with Gasteiger partial charge in [-0.1, -0.05) is 373 Å². The minimum Gasteiger partial charge on any atom is -0.462 e. The van der Waals surface area contributed by atoms with Crippen LogP contribution in [0.5, 0.6) is 0 Å². The van der Waals surface area contributed by atoms with Gasteiger partial charge in [0.15, 0.2) is 12.2 Å². The number of phosphoric acid groups is 2. The highest BCUT2D eigenvalue weighted by atomic mass is 31.2. The number of phosphoric ester groups is 2. The second-order valence-corrected chi connectivity index (χ2v) is 32.1. The van der Waals surface area contributed by atoms with Gasteiger partial charge in [-0.2, -0.15) is 0 Å². The summed E-state index contributed by atoms with van der Waals surface area (Å²) in [5, 5.41) is 10.7. The van der Waals surface area contributed by atoms with Gasteiger partial charge in [0.25, 0.3) is 0 Å². The molecule has 0 bridgehead atoms. The van der Waals surface area contributed by atoms with Gasteiger partial charge in [0.2, 0.25) is 0 Å². The first-order chi connectivity index (χ1) is 49.7. The molecule has 0 aliphatic carbocycles. The lowest BCUT2D eigenvalue weighted by atomic mass is 10.0. The zero-order valence-electron chi connectivity index (χ0n) is 66.1. The summed E-state index contributed by atoms with van der Waals surface area (Å²) in [4.78, 5) is 73.1. The van der Waals surface area contributed by atoms with Crippen LogP contribution in [0, 0.1) is 0 Å². The number of carbonyl (C=O) groups is 4. The molecule has 5 atom stereocenters. The minimum atomic E-state index is -4.97. The van der Waals surface area contributed by atoms with Crippen molar-refractivity contribution >= 4 is 39.5 Å². The fourth-order valence-electron chi connectivity index (χ4n) is 12.5. The summed E-state index contributed by atoms with van der Waals surface area (Å²) >= 11 is 0. The molecule has 19 heteroatoms. The number of hydrogen-bond donors (Lipinski definition) is 3. The maximum absolute atomic E-state index is 13.1. The van der Waals surface area contributed by atoms with E-state index in [9.17, 15) is 43.2 Å². The van der Waals surface area contributed by atoms with Crippen LogP contribution in [0.15, 0.2) is 24.3 Å². The molecule has 0 saturated heterocycles. The maximum Gasteiger partial charge on any atom is 0.472 e. The van der Waals surface area contributed by atoms with Crippen LogP contribution in [0.25, 0.3) is 0 Å². The minimum absolute atomic E-state index is 0.0859. The summed E-state index contributed by atoms with van der Waals surface area (Å²) in [5.74, 6) is -2.13. The van der Waals surface area contributed by atoms with Gasteiger partial charge < -0.3 is 33.8 Å². The Hall–Kier alpha value is -2.46. The lowest BCUT2D eigenvalue weighted by molar-refractivity contribution is -0.161. The summed E-state index contributed by atoms with van der Waals surface area (Å²) in [6.45, 7) is 4.97. The SMILES string of the molecule is CCCCCC/C=C\C=C/CCCCCCCC(=O)O[C@H](COC(=O)CCCCCCCCCCCCC)COP(=O)(O)OC[C@H](O)COP(=O)(O)OC[C@@H](COC(=O)CCCCCCCCCCCCCCCCCC)OC(=O)CCCCCCCCCCCCCCCCCCCCCC. The Bertz CT molecular complexity index is 2020. The number of esters is 4. The van der Waals surface area contributed by atoms with Gasteiger partial charge in [-0.05, 0) is 51.4 Å². The van der Waals surface area contributed by atoms with E-state index in [0.717, 1.165) is 103 Å². The van der Waals surface area contributed by atoms with Crippen molar-refractivity contribution in [1.82, 2.24) is 0 Å². The highest BCUT2D eigenvalue weighted by Crippen LogP contribution is 2.45. The van der Waals surface area contributed by atoms with Crippen LogP contribution in [0.4, 0.5) is 0 Å². The monoisotopic (exact) mass is 1490 g/mol. The average Bonchev–Trinajstić information content (AvgIpc) is 0.952. The standard InChI is InChI=1S/C83H158O17P2/c1-5-9-13-17-21-25-29-32-35-37-38-39-40-43-46-50-54-58-62-66-70-83(88)100-79(74-94-81(86)68-64-60-56-52-48-44-42-36-33-30-26-22-18-14-10-6-2)76-98-102(91,92)96-72-77(84)71-95-101(89,90)97-75-78(73-93-80(85)67-63-59-55-51-47-28-24-20-16-12-8-4)99-82(87)69-65-61-57-53-49-45-41-34-31-27-23-19-15-11-7-3/h27,31,34,41,77-79,84H,5-26,28-30,32-33,35-40,42-76H2,1-4H3,(H,89,90)(H,91,92)/b31-27-,41-34-/t77-,78+,79+/m0/s1. The Morgan fingerprint density at radius 3 is 0.716 bits per heavy atom. The second kappa shape index (κ2) is 76.7. The van der Waals surface area contributed by atoms with Gasteiger partial charge in [0.05, 0.1) is 26.4 Å². The van der Waals surface area contributed by atoms with E-state index in [4.69, 9.17) is 37.0 Å². The van der Waals surface area contributed by atoms with Crippen LogP contribution in [-0.4, -0.2) is 96.7 Å². The molecule has 0 radical (unpaired) electrons. The van der Waals surface area contributed by atoms with Gasteiger partial charge in [-0.15, -0.1) is 0 Å². The Balaban J connectivity index is 5.27. The van der Waals surface area contributed by atoms with E-state index in [1.807, 2.05) is 0 Å². The van der Waals surface area contributed by atoms with Crippen molar-refractivity contribution in [2.45, 2.75) is 444 Å². The molecule has 2 unspecified atom stereocenters. The molecule has 0 heterocycles. The number of allylic oxidation sites excluding steroid dienone is 4. The largest absolute Gasteiger partial charge is 0.472 e. The van der Waals surface area contributed by atoms with Crippen molar-refractivity contribution in [3.05, 3.63) is 24.3 Å². The first kappa shape index (κ1) is 99.5. The molecule has 0 aromatic rings. The van der Waals surface area contributed by atoms with E-state index in [1.54, 1.807) is 0 Å². The van der Waals surface area contributed by atoms with Gasteiger partial charge in [0, 0.05) is 25.7 Å². The van der Waals surface area contributed by atoms with Crippen molar-refractivity contribution in [2.75, 3.05) is 39.6 Å². The first-order valence-corrected chi connectivity index (χ1v) is 45.6. The third kappa shape index (κ3) is 75.8. The molecule has 0 aliphatic rings. The Kier molecular flexibility index (Phi) is 74.9. The number of hydrogen-bond acceptors (Lipinski definition) is 15. The Labute approximate surface area is 624 Å². The van der Waals surface area contributed by atoms with Crippen LogP contribution in [0.3, 0.4) is 0 Å². The fraction of sp³-hybridized carbons (Fsp3) is 0.904. The number of carbonyl (C=O) groups excluding carboxylic acids is 4. The molecule has 0 amide bonds. The molecule has 0 aromatic carbocycles. The molecule has 0 spiro atoms. The maximum atomic E-state index is 13.1. The third-order valence-corrected chi connectivity index (χ3v) is 20.9. The molecule has 17 nitrogen and oxygen atoms in total. The average molecular weight is 1490 g/mol. The van der Waals surface area contributed by atoms with E-state index in [1.165, 1.54) is 244 Å². The Morgan fingerprint density at radius 1 is 0.275 bits per heavy atom. The molecular weight excluding hydrogens is 1330 g/mol. The molecule has 0 fully saturated rings. The Morgan fingerprint density at radius 2 is 0.471 bits per heavy atom. The summed E-state index contributed by atoms with van der Waals surface area (Å²) < 4.78 is 68.7. The quantitative estimate of drug-likeness (QED) is 0.0169. The smallest absolute Gasteiger partial charge is 0.462 e. The highest BCUT2D eigenvalue weighted by Gasteiger charge is 2.30. The first-order valence-electron chi connectivity index (χ1n) is 42.6. The van der Waals surface area contributed by atoms with Crippen LogP contribution in [0.2, 0.25) is 0 Å². The lowest BCUT2D eigenvalue weighted by Gasteiger charge is -2.21. The van der Waals surface area contributed by atoms with E-state index in [0.29, 0.717) is 25.7 Å². The summed E-state index contributed by atoms with van der Waals surface area (Å²) in [6, 6.07) is 0. The van der Waals surface area contributed by atoms with Crippen LogP contribution < -0.4 is 0 Å². The second-order valence-electron chi connectivity index (χ2n) is 29.2. The lowest BCUT2D eigenvalue weighted by Crippen LogP contribution is -2.30. The van der Waals surface area contributed by atoms with Crippen LogP contribution in [-0.2, 0) is 65.4 Å². The van der Waals surface area contributed by atoms with Gasteiger partial charge >= 0.3 is 39.5 Å². The zero-order chi connectivity index (χ0) is 74.6. The van der Waals surface area contributed by atoms with E-state index >= 15 is 0 Å².